The summed E-state index contributed by atoms with van der Waals surface area (Å²) in [4.78, 5) is 2.52. The van der Waals surface area contributed by atoms with Crippen molar-refractivity contribution in [1.29, 1.82) is 0 Å². The fourth-order valence-corrected chi connectivity index (χ4v) is 3.30. The van der Waals surface area contributed by atoms with Crippen LogP contribution in [0.1, 0.15) is 31.7 Å². The van der Waals surface area contributed by atoms with E-state index in [1.54, 1.807) is 7.11 Å². The van der Waals surface area contributed by atoms with Gasteiger partial charge in [0, 0.05) is 43.4 Å². The molecule has 1 aromatic carbocycles. The van der Waals surface area contributed by atoms with E-state index in [1.807, 2.05) is 0 Å². The molecule has 0 aliphatic carbocycles. The van der Waals surface area contributed by atoms with Crippen molar-refractivity contribution < 1.29 is 4.74 Å². The highest BCUT2D eigenvalue weighted by molar-refractivity contribution is 9.10. The summed E-state index contributed by atoms with van der Waals surface area (Å²) in [7, 11) is 1.73. The Bertz CT molecular complexity index is 439. The predicted octanol–water partition coefficient (Wildman–Crippen LogP) is 3.81. The molecule has 0 radical (unpaired) electrons. The first-order valence-electron chi connectivity index (χ1n) is 7.93. The van der Waals surface area contributed by atoms with Crippen LogP contribution in [0.25, 0.3) is 0 Å². The number of nitrogens with one attached hydrogen (secondary N) is 1. The number of rotatable bonds is 6. The maximum Gasteiger partial charge on any atom is 0.0587 e. The molecule has 1 N–H and O–H groups in total. The van der Waals surface area contributed by atoms with Crippen molar-refractivity contribution in [3.05, 3.63) is 28.2 Å². The van der Waals surface area contributed by atoms with Gasteiger partial charge in [0.05, 0.1) is 6.61 Å². The monoisotopic (exact) mass is 354 g/mol. The Hall–Kier alpha value is -0.580. The normalized spacial score (nSPS) is 19.6. The molecule has 1 unspecified atom stereocenters. The fourth-order valence-electron chi connectivity index (χ4n) is 2.79. The van der Waals surface area contributed by atoms with Crippen LogP contribution in [0.3, 0.4) is 0 Å². The zero-order valence-corrected chi connectivity index (χ0v) is 14.8. The van der Waals surface area contributed by atoms with Gasteiger partial charge in [-0.1, -0.05) is 28.9 Å². The van der Waals surface area contributed by atoms with Gasteiger partial charge in [0.2, 0.25) is 0 Å². The Balaban J connectivity index is 1.94. The summed E-state index contributed by atoms with van der Waals surface area (Å²) >= 11 is 3.72. The minimum Gasteiger partial charge on any atom is -0.383 e. The summed E-state index contributed by atoms with van der Waals surface area (Å²) in [6.07, 6.45) is 3.97. The zero-order valence-electron chi connectivity index (χ0n) is 13.2. The number of halogens is 1. The largest absolute Gasteiger partial charge is 0.383 e. The average molecular weight is 355 g/mol. The second-order valence-electron chi connectivity index (χ2n) is 5.97. The quantitative estimate of drug-likeness (QED) is 0.786. The minimum absolute atomic E-state index is 0.752. The molecule has 0 bridgehead atoms. The molecule has 1 atom stereocenters. The highest BCUT2D eigenvalue weighted by Gasteiger charge is 2.14. The van der Waals surface area contributed by atoms with Crippen molar-refractivity contribution >= 4 is 21.6 Å². The Morgan fingerprint density at radius 3 is 2.95 bits per heavy atom. The summed E-state index contributed by atoms with van der Waals surface area (Å²) in [5, 5.41) is 3.39. The summed E-state index contributed by atoms with van der Waals surface area (Å²) in [6.45, 7) is 7.24. The standard InChI is InChI=1S/C17H27BrN2O/c1-14-4-3-9-20(10-7-14)16-6-5-15(17(18)12-16)13-19-8-11-21-2/h5-6,12,14,19H,3-4,7-11,13H2,1-2H3. The van der Waals surface area contributed by atoms with Crippen LogP contribution in [0.2, 0.25) is 0 Å². The fraction of sp³-hybridized carbons (Fsp3) is 0.647. The number of ether oxygens (including phenoxy) is 1. The third-order valence-corrected chi connectivity index (χ3v) is 4.96. The van der Waals surface area contributed by atoms with Crippen LogP contribution >= 0.6 is 15.9 Å². The van der Waals surface area contributed by atoms with Crippen LogP contribution in [0, 0.1) is 5.92 Å². The van der Waals surface area contributed by atoms with E-state index in [1.165, 1.54) is 48.1 Å². The molecule has 3 nitrogen and oxygen atoms in total. The second-order valence-corrected chi connectivity index (χ2v) is 6.82. The maximum atomic E-state index is 5.05. The Morgan fingerprint density at radius 1 is 1.33 bits per heavy atom. The molecule has 118 valence electrons. The molecule has 1 aliphatic heterocycles. The molecule has 1 heterocycles. The smallest absolute Gasteiger partial charge is 0.0587 e. The van der Waals surface area contributed by atoms with Gasteiger partial charge in [-0.25, -0.2) is 0 Å². The Morgan fingerprint density at radius 2 is 2.19 bits per heavy atom. The van der Waals surface area contributed by atoms with Gasteiger partial charge >= 0.3 is 0 Å². The van der Waals surface area contributed by atoms with Gasteiger partial charge in [-0.05, 0) is 42.9 Å². The molecule has 1 aromatic rings. The number of nitrogens with zero attached hydrogens (tertiary/aromatic N) is 1. The van der Waals surface area contributed by atoms with E-state index in [2.05, 4.69) is 51.3 Å². The lowest BCUT2D eigenvalue weighted by Gasteiger charge is -2.23. The Labute approximate surface area is 137 Å². The third-order valence-electron chi connectivity index (χ3n) is 4.22. The molecule has 0 saturated carbocycles. The summed E-state index contributed by atoms with van der Waals surface area (Å²) in [6, 6.07) is 6.75. The highest BCUT2D eigenvalue weighted by atomic mass is 79.9. The van der Waals surface area contributed by atoms with Crippen molar-refractivity contribution in [3.63, 3.8) is 0 Å². The maximum absolute atomic E-state index is 5.05. The zero-order chi connectivity index (χ0) is 15.1. The van der Waals surface area contributed by atoms with Crippen LogP contribution < -0.4 is 10.2 Å². The molecule has 0 amide bonds. The van der Waals surface area contributed by atoms with Crippen molar-refractivity contribution in [2.75, 3.05) is 38.3 Å². The number of hydrogen-bond donors (Lipinski definition) is 1. The van der Waals surface area contributed by atoms with Crippen molar-refractivity contribution in [2.45, 2.75) is 32.7 Å². The van der Waals surface area contributed by atoms with E-state index in [-0.39, 0.29) is 0 Å². The van der Waals surface area contributed by atoms with E-state index in [0.29, 0.717) is 0 Å². The van der Waals surface area contributed by atoms with Crippen molar-refractivity contribution in [3.8, 4) is 0 Å². The number of methoxy groups -OCH3 is 1. The second kappa shape index (κ2) is 8.76. The van der Waals surface area contributed by atoms with Gasteiger partial charge in [0.25, 0.3) is 0 Å². The van der Waals surface area contributed by atoms with E-state index in [9.17, 15) is 0 Å². The molecule has 21 heavy (non-hydrogen) atoms. The lowest BCUT2D eigenvalue weighted by molar-refractivity contribution is 0.199. The number of anilines is 1. The van der Waals surface area contributed by atoms with E-state index >= 15 is 0 Å². The summed E-state index contributed by atoms with van der Waals surface area (Å²) < 4.78 is 6.24. The molecule has 1 aliphatic rings. The van der Waals surface area contributed by atoms with E-state index < -0.39 is 0 Å². The summed E-state index contributed by atoms with van der Waals surface area (Å²) in [5.74, 6) is 0.864. The Kier molecular flexibility index (Phi) is 7.00. The summed E-state index contributed by atoms with van der Waals surface area (Å²) in [5.41, 5.74) is 2.65. The lowest BCUT2D eigenvalue weighted by Crippen LogP contribution is -2.24. The molecule has 0 spiro atoms. The molecule has 1 saturated heterocycles. The average Bonchev–Trinajstić information content (AvgIpc) is 2.70. The predicted molar refractivity (Wildman–Crippen MR) is 93.0 cm³/mol. The molecular formula is C17H27BrN2O. The van der Waals surface area contributed by atoms with Gasteiger partial charge in [-0.15, -0.1) is 0 Å². The highest BCUT2D eigenvalue weighted by Crippen LogP contribution is 2.27. The van der Waals surface area contributed by atoms with E-state index in [0.717, 1.165) is 25.6 Å². The molecule has 1 fully saturated rings. The number of hydrogen-bond acceptors (Lipinski definition) is 3. The van der Waals surface area contributed by atoms with Crippen LogP contribution in [0.5, 0.6) is 0 Å². The van der Waals surface area contributed by atoms with Gasteiger partial charge in [0.15, 0.2) is 0 Å². The topological polar surface area (TPSA) is 24.5 Å². The molecular weight excluding hydrogens is 328 g/mol. The van der Waals surface area contributed by atoms with Crippen LogP contribution in [-0.4, -0.2) is 33.4 Å². The van der Waals surface area contributed by atoms with Gasteiger partial charge in [0.1, 0.15) is 0 Å². The van der Waals surface area contributed by atoms with Crippen LogP contribution in [-0.2, 0) is 11.3 Å². The van der Waals surface area contributed by atoms with Crippen LogP contribution in [0.15, 0.2) is 22.7 Å². The molecule has 0 aromatic heterocycles. The van der Waals surface area contributed by atoms with Gasteiger partial charge < -0.3 is 15.0 Å². The SMILES string of the molecule is COCCNCc1ccc(N2CCCC(C)CC2)cc1Br. The van der Waals surface area contributed by atoms with Gasteiger partial charge in [-0.3, -0.25) is 0 Å². The van der Waals surface area contributed by atoms with Crippen molar-refractivity contribution in [1.82, 2.24) is 5.32 Å². The number of benzene rings is 1. The van der Waals surface area contributed by atoms with Gasteiger partial charge in [-0.2, -0.15) is 0 Å². The molecule has 4 heteroatoms. The first-order valence-corrected chi connectivity index (χ1v) is 8.73. The van der Waals surface area contributed by atoms with E-state index in [4.69, 9.17) is 4.74 Å². The minimum atomic E-state index is 0.752. The first-order chi connectivity index (χ1) is 10.2. The van der Waals surface area contributed by atoms with Crippen molar-refractivity contribution in [2.24, 2.45) is 5.92 Å². The third kappa shape index (κ3) is 5.28. The van der Waals surface area contributed by atoms with Crippen LogP contribution in [0.4, 0.5) is 5.69 Å². The molecule has 2 rings (SSSR count). The first kappa shape index (κ1) is 16.8. The lowest BCUT2D eigenvalue weighted by atomic mass is 10.0.